The highest BCUT2D eigenvalue weighted by molar-refractivity contribution is 5.78. The number of hydrogen-bond donors (Lipinski definition) is 1. The first-order chi connectivity index (χ1) is 12.2. The van der Waals surface area contributed by atoms with Gasteiger partial charge in [-0.2, -0.15) is 0 Å². The molecular weight excluding hydrogens is 316 g/mol. The summed E-state index contributed by atoms with van der Waals surface area (Å²) in [6, 6.07) is 19.4. The Morgan fingerprint density at radius 2 is 1.56 bits per heavy atom. The number of carboxylic acid groups (broad SMARTS) is 1. The minimum Gasteiger partial charge on any atom is -0.479 e. The summed E-state index contributed by atoms with van der Waals surface area (Å²) in [6.07, 6.45) is 0.874. The van der Waals surface area contributed by atoms with E-state index in [1.807, 2.05) is 60.7 Å². The second kappa shape index (κ2) is 7.57. The molecule has 0 radical (unpaired) electrons. The van der Waals surface area contributed by atoms with E-state index in [0.717, 1.165) is 16.8 Å². The quantitative estimate of drug-likeness (QED) is 0.736. The molecule has 126 valence electrons. The molecule has 1 atom stereocenters. The van der Waals surface area contributed by atoms with Crippen molar-refractivity contribution in [1.82, 2.24) is 9.97 Å². The number of carbonyl (C=O) groups is 1. The number of benzene rings is 2. The first-order valence-corrected chi connectivity index (χ1v) is 8.06. The molecule has 0 aliphatic heterocycles. The van der Waals surface area contributed by atoms with Gasteiger partial charge < -0.3 is 9.84 Å². The molecule has 2 aromatic carbocycles. The molecule has 1 unspecified atom stereocenters. The van der Waals surface area contributed by atoms with Gasteiger partial charge in [-0.1, -0.05) is 67.6 Å². The predicted octanol–water partition coefficient (Wildman–Crippen LogP) is 4.05. The SMILES string of the molecule is CCC(Oc1cnc(-c2ccccc2)c(-c2ccccc2)n1)C(=O)O. The van der Waals surface area contributed by atoms with Crippen LogP contribution in [0.3, 0.4) is 0 Å². The Morgan fingerprint density at radius 1 is 1.00 bits per heavy atom. The monoisotopic (exact) mass is 334 g/mol. The van der Waals surface area contributed by atoms with Crippen LogP contribution >= 0.6 is 0 Å². The van der Waals surface area contributed by atoms with E-state index in [2.05, 4.69) is 9.97 Å². The Hall–Kier alpha value is -3.21. The molecule has 3 aromatic rings. The smallest absolute Gasteiger partial charge is 0.344 e. The topological polar surface area (TPSA) is 72.3 Å². The van der Waals surface area contributed by atoms with E-state index in [0.29, 0.717) is 12.1 Å². The molecule has 25 heavy (non-hydrogen) atoms. The van der Waals surface area contributed by atoms with Crippen molar-refractivity contribution >= 4 is 5.97 Å². The maximum absolute atomic E-state index is 11.2. The Labute approximate surface area is 146 Å². The normalized spacial score (nSPS) is 11.7. The van der Waals surface area contributed by atoms with Gasteiger partial charge >= 0.3 is 5.97 Å². The van der Waals surface area contributed by atoms with Crippen molar-refractivity contribution in [1.29, 1.82) is 0 Å². The second-order valence-corrected chi connectivity index (χ2v) is 5.49. The lowest BCUT2D eigenvalue weighted by atomic mass is 10.0. The zero-order valence-corrected chi connectivity index (χ0v) is 13.8. The van der Waals surface area contributed by atoms with E-state index in [1.165, 1.54) is 6.20 Å². The van der Waals surface area contributed by atoms with Gasteiger partial charge in [-0.15, -0.1) is 0 Å². The van der Waals surface area contributed by atoms with Gasteiger partial charge in [0.25, 0.3) is 0 Å². The summed E-state index contributed by atoms with van der Waals surface area (Å²) in [6.45, 7) is 1.75. The van der Waals surface area contributed by atoms with Crippen molar-refractivity contribution < 1.29 is 14.6 Å². The van der Waals surface area contributed by atoms with E-state index >= 15 is 0 Å². The standard InChI is InChI=1S/C20H18N2O3/c1-2-16(20(23)24)25-17-13-21-18(14-9-5-3-6-10-14)19(22-17)15-11-7-4-8-12-15/h3-13,16H,2H2,1H3,(H,23,24). The fourth-order valence-corrected chi connectivity index (χ4v) is 2.49. The lowest BCUT2D eigenvalue weighted by Crippen LogP contribution is -2.26. The summed E-state index contributed by atoms with van der Waals surface area (Å²) in [5.74, 6) is -0.814. The highest BCUT2D eigenvalue weighted by atomic mass is 16.5. The summed E-state index contributed by atoms with van der Waals surface area (Å²) in [5.41, 5.74) is 3.21. The molecule has 5 heteroatoms. The van der Waals surface area contributed by atoms with Crippen LogP contribution in [0, 0.1) is 0 Å². The van der Waals surface area contributed by atoms with Crippen molar-refractivity contribution in [3.8, 4) is 28.4 Å². The molecule has 0 aliphatic rings. The molecule has 1 heterocycles. The highest BCUT2D eigenvalue weighted by Crippen LogP contribution is 2.30. The molecule has 5 nitrogen and oxygen atoms in total. The summed E-state index contributed by atoms with van der Waals surface area (Å²) in [7, 11) is 0. The van der Waals surface area contributed by atoms with Gasteiger partial charge in [0, 0.05) is 11.1 Å². The van der Waals surface area contributed by atoms with Gasteiger partial charge in [0.05, 0.1) is 11.9 Å². The third-order valence-corrected chi connectivity index (χ3v) is 3.75. The largest absolute Gasteiger partial charge is 0.479 e. The number of aromatic nitrogens is 2. The fourth-order valence-electron chi connectivity index (χ4n) is 2.49. The van der Waals surface area contributed by atoms with Crippen molar-refractivity contribution in [3.63, 3.8) is 0 Å². The van der Waals surface area contributed by atoms with Gasteiger partial charge in [-0.05, 0) is 6.42 Å². The molecule has 0 amide bonds. The molecule has 0 fully saturated rings. The van der Waals surface area contributed by atoms with Crippen molar-refractivity contribution in [2.45, 2.75) is 19.4 Å². The molecule has 0 saturated carbocycles. The Kier molecular flexibility index (Phi) is 5.04. The Bertz CT molecular complexity index is 851. The summed E-state index contributed by atoms with van der Waals surface area (Å²) in [5, 5.41) is 9.18. The van der Waals surface area contributed by atoms with Crippen LogP contribution in [0.5, 0.6) is 5.88 Å². The van der Waals surface area contributed by atoms with Crippen LogP contribution in [-0.4, -0.2) is 27.1 Å². The van der Waals surface area contributed by atoms with Crippen LogP contribution in [0.15, 0.2) is 66.9 Å². The number of ether oxygens (including phenoxy) is 1. The van der Waals surface area contributed by atoms with E-state index < -0.39 is 12.1 Å². The molecule has 1 aromatic heterocycles. The number of aliphatic carboxylic acids is 1. The summed E-state index contributed by atoms with van der Waals surface area (Å²) < 4.78 is 5.50. The zero-order chi connectivity index (χ0) is 17.6. The third kappa shape index (κ3) is 3.83. The Morgan fingerprint density at radius 3 is 2.08 bits per heavy atom. The number of nitrogens with zero attached hydrogens (tertiary/aromatic N) is 2. The lowest BCUT2D eigenvalue weighted by molar-refractivity contribution is -0.145. The average molecular weight is 334 g/mol. The van der Waals surface area contributed by atoms with E-state index in [-0.39, 0.29) is 5.88 Å². The van der Waals surface area contributed by atoms with Crippen LogP contribution < -0.4 is 4.74 Å². The van der Waals surface area contributed by atoms with Gasteiger partial charge in [-0.25, -0.2) is 14.8 Å². The molecule has 0 spiro atoms. The van der Waals surface area contributed by atoms with E-state index in [4.69, 9.17) is 4.74 Å². The lowest BCUT2D eigenvalue weighted by Gasteiger charge is -2.14. The molecule has 3 rings (SSSR count). The maximum atomic E-state index is 11.2. The third-order valence-electron chi connectivity index (χ3n) is 3.75. The van der Waals surface area contributed by atoms with Crippen LogP contribution in [0.1, 0.15) is 13.3 Å². The minimum absolute atomic E-state index is 0.202. The van der Waals surface area contributed by atoms with E-state index in [9.17, 15) is 9.90 Å². The van der Waals surface area contributed by atoms with Gasteiger partial charge in [0.15, 0.2) is 6.10 Å². The van der Waals surface area contributed by atoms with Crippen molar-refractivity contribution in [2.75, 3.05) is 0 Å². The zero-order valence-electron chi connectivity index (χ0n) is 13.8. The maximum Gasteiger partial charge on any atom is 0.344 e. The molecule has 0 aliphatic carbocycles. The van der Waals surface area contributed by atoms with Gasteiger partial charge in [0.1, 0.15) is 5.69 Å². The van der Waals surface area contributed by atoms with Crippen molar-refractivity contribution in [2.24, 2.45) is 0 Å². The molecular formula is C20H18N2O3. The van der Waals surface area contributed by atoms with Gasteiger partial charge in [-0.3, -0.25) is 0 Å². The Balaban J connectivity index is 2.07. The van der Waals surface area contributed by atoms with Crippen LogP contribution in [-0.2, 0) is 4.79 Å². The summed E-state index contributed by atoms with van der Waals surface area (Å²) >= 11 is 0. The molecule has 0 bridgehead atoms. The fraction of sp³-hybridized carbons (Fsp3) is 0.150. The first-order valence-electron chi connectivity index (χ1n) is 8.06. The minimum atomic E-state index is -1.02. The predicted molar refractivity (Wildman–Crippen MR) is 95.2 cm³/mol. The number of rotatable bonds is 6. The van der Waals surface area contributed by atoms with E-state index in [1.54, 1.807) is 6.92 Å². The average Bonchev–Trinajstić information content (AvgIpc) is 2.67. The van der Waals surface area contributed by atoms with Crippen molar-refractivity contribution in [3.05, 3.63) is 66.9 Å². The van der Waals surface area contributed by atoms with Crippen LogP contribution in [0.2, 0.25) is 0 Å². The first kappa shape index (κ1) is 16.6. The molecule has 0 saturated heterocycles. The van der Waals surface area contributed by atoms with Crippen LogP contribution in [0.25, 0.3) is 22.5 Å². The van der Waals surface area contributed by atoms with Gasteiger partial charge in [0.2, 0.25) is 5.88 Å². The number of hydrogen-bond acceptors (Lipinski definition) is 4. The van der Waals surface area contributed by atoms with Crippen LogP contribution in [0.4, 0.5) is 0 Å². The second-order valence-electron chi connectivity index (χ2n) is 5.49. The highest BCUT2D eigenvalue weighted by Gasteiger charge is 2.19. The summed E-state index contributed by atoms with van der Waals surface area (Å²) in [4.78, 5) is 20.2. The number of carboxylic acids is 1. The molecule has 1 N–H and O–H groups in total.